The maximum absolute atomic E-state index is 5.20. The fourth-order valence-corrected chi connectivity index (χ4v) is 3.52. The number of likely N-dealkylation sites (tertiary alicyclic amines) is 1. The van der Waals surface area contributed by atoms with Crippen LogP contribution in [0.2, 0.25) is 0 Å². The van der Waals surface area contributed by atoms with E-state index in [1.807, 2.05) is 18.6 Å². The summed E-state index contributed by atoms with van der Waals surface area (Å²) in [5.41, 5.74) is 2.48. The Morgan fingerprint density at radius 2 is 1.96 bits per heavy atom. The van der Waals surface area contributed by atoms with Gasteiger partial charge in [-0.3, -0.25) is 15.0 Å². The maximum Gasteiger partial charge on any atom is 0.0589 e. The van der Waals surface area contributed by atoms with E-state index in [2.05, 4.69) is 43.2 Å². The summed E-state index contributed by atoms with van der Waals surface area (Å²) in [5, 5.41) is 7.18. The van der Waals surface area contributed by atoms with Gasteiger partial charge >= 0.3 is 0 Å². The van der Waals surface area contributed by atoms with Crippen LogP contribution in [0.1, 0.15) is 24.1 Å². The molecule has 1 saturated heterocycles. The predicted octanol–water partition coefficient (Wildman–Crippen LogP) is 2.17. The number of pyridine rings is 1. The Hall–Kier alpha value is -1.76. The predicted molar refractivity (Wildman–Crippen MR) is 98.0 cm³/mol. The number of methoxy groups -OCH3 is 1. The minimum Gasteiger partial charge on any atom is -0.383 e. The van der Waals surface area contributed by atoms with E-state index in [4.69, 9.17) is 4.74 Å². The van der Waals surface area contributed by atoms with Crippen LogP contribution in [0.15, 0.2) is 36.8 Å². The molecule has 0 aliphatic carbocycles. The number of nitrogens with zero attached hydrogens (tertiary/aromatic N) is 4. The zero-order chi connectivity index (χ0) is 17.3. The minimum atomic E-state index is 0.753. The van der Waals surface area contributed by atoms with Gasteiger partial charge in [0.2, 0.25) is 0 Å². The van der Waals surface area contributed by atoms with Crippen LogP contribution in [0.5, 0.6) is 0 Å². The Balaban J connectivity index is 1.54. The summed E-state index contributed by atoms with van der Waals surface area (Å²) < 4.78 is 5.20. The monoisotopic (exact) mass is 343 g/mol. The Bertz CT molecular complexity index is 581. The van der Waals surface area contributed by atoms with Crippen LogP contribution >= 0.6 is 0 Å². The number of piperidine rings is 1. The summed E-state index contributed by atoms with van der Waals surface area (Å²) in [7, 11) is 1.78. The van der Waals surface area contributed by atoms with Gasteiger partial charge in [-0.15, -0.1) is 0 Å². The van der Waals surface area contributed by atoms with Crippen molar-refractivity contribution >= 4 is 0 Å². The van der Waals surface area contributed by atoms with Crippen LogP contribution in [0, 0.1) is 5.92 Å². The highest BCUT2D eigenvalue weighted by Gasteiger charge is 2.21. The van der Waals surface area contributed by atoms with Crippen LogP contribution < -0.4 is 0 Å². The highest BCUT2D eigenvalue weighted by Crippen LogP contribution is 2.20. The van der Waals surface area contributed by atoms with Crippen molar-refractivity contribution in [3.63, 3.8) is 0 Å². The molecule has 3 rings (SSSR count). The quantitative estimate of drug-likeness (QED) is 0.756. The lowest BCUT2D eigenvalue weighted by Crippen LogP contribution is -2.39. The van der Waals surface area contributed by atoms with E-state index in [0.29, 0.717) is 0 Å². The third-order valence-electron chi connectivity index (χ3n) is 4.94. The second-order valence-electron chi connectivity index (χ2n) is 6.88. The molecule has 25 heavy (non-hydrogen) atoms. The van der Waals surface area contributed by atoms with E-state index in [-0.39, 0.29) is 0 Å². The second kappa shape index (κ2) is 9.65. The van der Waals surface area contributed by atoms with Crippen LogP contribution in [0.4, 0.5) is 0 Å². The van der Waals surface area contributed by atoms with Gasteiger partial charge in [0, 0.05) is 57.6 Å². The Morgan fingerprint density at radius 1 is 1.16 bits per heavy atom. The number of aromatic amines is 1. The van der Waals surface area contributed by atoms with Gasteiger partial charge in [-0.05, 0) is 55.6 Å². The molecule has 1 aliphatic rings. The highest BCUT2D eigenvalue weighted by atomic mass is 16.5. The molecule has 6 nitrogen and oxygen atoms in total. The van der Waals surface area contributed by atoms with Gasteiger partial charge in [0.05, 0.1) is 6.61 Å². The number of hydrogen-bond acceptors (Lipinski definition) is 5. The van der Waals surface area contributed by atoms with E-state index in [0.717, 1.165) is 38.7 Å². The minimum absolute atomic E-state index is 0.753. The van der Waals surface area contributed by atoms with Gasteiger partial charge in [0.15, 0.2) is 0 Å². The first-order valence-corrected chi connectivity index (χ1v) is 9.14. The molecule has 0 amide bonds. The lowest BCUT2D eigenvalue weighted by molar-refractivity contribution is 0.103. The zero-order valence-electron chi connectivity index (χ0n) is 15.1. The standard InChI is InChI=1S/C19H29N5O/c1-25-13-12-23-10-5-18(6-11-23)15-24(16-19-4-9-21-22-19)14-17-2-7-20-8-3-17/h2-4,7-9,18H,5-6,10-16H2,1H3,(H,21,22). The number of aromatic nitrogens is 3. The average molecular weight is 343 g/mol. The molecule has 136 valence electrons. The lowest BCUT2D eigenvalue weighted by atomic mass is 9.96. The zero-order valence-corrected chi connectivity index (χ0v) is 15.1. The van der Waals surface area contributed by atoms with Crippen LogP contribution in [-0.2, 0) is 17.8 Å². The van der Waals surface area contributed by atoms with Crippen molar-refractivity contribution in [2.45, 2.75) is 25.9 Å². The van der Waals surface area contributed by atoms with E-state index in [9.17, 15) is 0 Å². The fraction of sp³-hybridized carbons (Fsp3) is 0.579. The highest BCUT2D eigenvalue weighted by molar-refractivity contribution is 5.10. The summed E-state index contributed by atoms with van der Waals surface area (Å²) in [5.74, 6) is 0.753. The molecule has 0 bridgehead atoms. The first kappa shape index (κ1) is 18.0. The normalized spacial score (nSPS) is 16.6. The SMILES string of the molecule is COCCN1CCC(CN(Cc2ccncc2)Cc2ccn[nH]2)CC1. The van der Waals surface area contributed by atoms with Crippen molar-refractivity contribution in [2.75, 3.05) is 39.9 Å². The molecular weight excluding hydrogens is 314 g/mol. The number of H-pyrrole nitrogens is 1. The number of hydrogen-bond donors (Lipinski definition) is 1. The fourth-order valence-electron chi connectivity index (χ4n) is 3.52. The van der Waals surface area contributed by atoms with E-state index in [1.54, 1.807) is 7.11 Å². The lowest BCUT2D eigenvalue weighted by Gasteiger charge is -2.34. The molecule has 0 aromatic carbocycles. The van der Waals surface area contributed by atoms with Crippen LogP contribution in [0.25, 0.3) is 0 Å². The molecule has 0 saturated carbocycles. The molecule has 0 atom stereocenters. The first-order chi connectivity index (χ1) is 12.3. The molecular formula is C19H29N5O. The van der Waals surface area contributed by atoms with Gasteiger partial charge < -0.3 is 9.64 Å². The van der Waals surface area contributed by atoms with E-state index in [1.165, 1.54) is 37.2 Å². The maximum atomic E-state index is 5.20. The Kier molecular flexibility index (Phi) is 6.97. The summed E-state index contributed by atoms with van der Waals surface area (Å²) in [6.45, 7) is 7.23. The van der Waals surface area contributed by atoms with Gasteiger partial charge in [0.25, 0.3) is 0 Å². The molecule has 0 radical (unpaired) electrons. The van der Waals surface area contributed by atoms with Crippen LogP contribution in [0.3, 0.4) is 0 Å². The summed E-state index contributed by atoms with van der Waals surface area (Å²) in [6, 6.07) is 6.27. The molecule has 3 heterocycles. The molecule has 2 aromatic heterocycles. The van der Waals surface area contributed by atoms with Crippen molar-refractivity contribution in [2.24, 2.45) is 5.92 Å². The van der Waals surface area contributed by atoms with E-state index < -0.39 is 0 Å². The summed E-state index contributed by atoms with van der Waals surface area (Å²) in [4.78, 5) is 9.17. The Labute approximate surface area is 150 Å². The van der Waals surface area contributed by atoms with Crippen molar-refractivity contribution in [1.29, 1.82) is 0 Å². The summed E-state index contributed by atoms with van der Waals surface area (Å²) >= 11 is 0. The smallest absolute Gasteiger partial charge is 0.0589 e. The van der Waals surface area contributed by atoms with Gasteiger partial charge in [-0.1, -0.05) is 0 Å². The molecule has 0 unspecified atom stereocenters. The van der Waals surface area contributed by atoms with Crippen LogP contribution in [-0.4, -0.2) is 64.9 Å². The summed E-state index contributed by atoms with van der Waals surface area (Å²) in [6.07, 6.45) is 8.10. The second-order valence-corrected chi connectivity index (χ2v) is 6.88. The topological polar surface area (TPSA) is 57.3 Å². The molecule has 2 aromatic rings. The largest absolute Gasteiger partial charge is 0.383 e. The third kappa shape index (κ3) is 5.92. The molecule has 1 N–H and O–H groups in total. The van der Waals surface area contributed by atoms with Gasteiger partial charge in [0.1, 0.15) is 0 Å². The van der Waals surface area contributed by atoms with Gasteiger partial charge in [-0.2, -0.15) is 5.10 Å². The van der Waals surface area contributed by atoms with Gasteiger partial charge in [-0.25, -0.2) is 0 Å². The third-order valence-corrected chi connectivity index (χ3v) is 4.94. The van der Waals surface area contributed by atoms with E-state index >= 15 is 0 Å². The molecule has 1 aliphatic heterocycles. The van der Waals surface area contributed by atoms with Crippen molar-refractivity contribution in [3.05, 3.63) is 48.0 Å². The van der Waals surface area contributed by atoms with Crippen molar-refractivity contribution in [1.82, 2.24) is 25.0 Å². The molecule has 0 spiro atoms. The van der Waals surface area contributed by atoms with Crippen molar-refractivity contribution in [3.8, 4) is 0 Å². The average Bonchev–Trinajstić information content (AvgIpc) is 3.15. The molecule has 6 heteroatoms. The Morgan fingerprint density at radius 3 is 2.64 bits per heavy atom. The number of ether oxygens (including phenoxy) is 1. The first-order valence-electron chi connectivity index (χ1n) is 9.14. The number of nitrogens with one attached hydrogen (secondary N) is 1. The van der Waals surface area contributed by atoms with Crippen molar-refractivity contribution < 1.29 is 4.74 Å². The number of rotatable bonds is 9. The molecule has 1 fully saturated rings.